The van der Waals surface area contributed by atoms with E-state index in [1.54, 1.807) is 4.90 Å². The van der Waals surface area contributed by atoms with Gasteiger partial charge in [0, 0.05) is 19.1 Å². The summed E-state index contributed by atoms with van der Waals surface area (Å²) in [5, 5.41) is 9.31. The van der Waals surface area contributed by atoms with Crippen LogP contribution in [-0.4, -0.2) is 65.3 Å². The van der Waals surface area contributed by atoms with E-state index < -0.39 is 11.9 Å². The quantitative estimate of drug-likeness (QED) is 0.856. The summed E-state index contributed by atoms with van der Waals surface area (Å²) < 4.78 is 5.33. The summed E-state index contributed by atoms with van der Waals surface area (Å²) in [5.74, 6) is -0.993. The fourth-order valence-electron chi connectivity index (χ4n) is 3.46. The molecule has 120 valence electrons. The Morgan fingerprint density at radius 1 is 1.33 bits per heavy atom. The molecule has 6 nitrogen and oxygen atoms in total. The minimum absolute atomic E-state index is 0.0320. The molecule has 0 radical (unpaired) electrons. The zero-order valence-corrected chi connectivity index (χ0v) is 13.1. The van der Waals surface area contributed by atoms with Gasteiger partial charge >= 0.3 is 12.0 Å². The lowest BCUT2D eigenvalue weighted by Crippen LogP contribution is -2.53. The average molecular weight is 298 g/mol. The van der Waals surface area contributed by atoms with Gasteiger partial charge in [-0.25, -0.2) is 4.79 Å². The lowest BCUT2D eigenvalue weighted by atomic mass is 10.0. The second kappa shape index (κ2) is 6.64. The summed E-state index contributed by atoms with van der Waals surface area (Å²) in [4.78, 5) is 27.8. The Morgan fingerprint density at radius 3 is 2.57 bits per heavy atom. The summed E-state index contributed by atoms with van der Waals surface area (Å²) in [5.41, 5.74) is 0. The van der Waals surface area contributed by atoms with Gasteiger partial charge in [0.05, 0.1) is 19.3 Å². The van der Waals surface area contributed by atoms with E-state index in [1.807, 2.05) is 11.8 Å². The van der Waals surface area contributed by atoms with Crippen LogP contribution >= 0.6 is 0 Å². The van der Waals surface area contributed by atoms with Gasteiger partial charge in [-0.15, -0.1) is 0 Å². The maximum atomic E-state index is 12.8. The third-order valence-corrected chi connectivity index (χ3v) is 4.51. The maximum absolute atomic E-state index is 12.8. The van der Waals surface area contributed by atoms with Crippen molar-refractivity contribution in [3.8, 4) is 0 Å². The van der Waals surface area contributed by atoms with Gasteiger partial charge in [-0.2, -0.15) is 0 Å². The van der Waals surface area contributed by atoms with Gasteiger partial charge in [0.2, 0.25) is 0 Å². The van der Waals surface area contributed by atoms with Crippen molar-refractivity contribution in [3.05, 3.63) is 0 Å². The highest BCUT2D eigenvalue weighted by molar-refractivity contribution is 5.78. The number of amides is 2. The molecule has 2 aliphatic rings. The number of hydrogen-bond donors (Lipinski definition) is 1. The van der Waals surface area contributed by atoms with Gasteiger partial charge in [0.25, 0.3) is 0 Å². The van der Waals surface area contributed by atoms with Crippen molar-refractivity contribution in [1.82, 2.24) is 9.80 Å². The number of ether oxygens (including phenoxy) is 1. The Hall–Kier alpha value is -1.30. The van der Waals surface area contributed by atoms with E-state index in [-0.39, 0.29) is 24.7 Å². The molecule has 2 rings (SSSR count). The average Bonchev–Trinajstić information content (AvgIpc) is 3.01. The molecule has 0 bridgehead atoms. The lowest BCUT2D eigenvalue weighted by molar-refractivity contribution is -0.142. The van der Waals surface area contributed by atoms with Crippen LogP contribution in [0.25, 0.3) is 0 Å². The normalized spacial score (nSPS) is 32.4. The SMILES string of the molecule is CCCN(C(=O)N1CC(C)CC1C)C1COCC1C(=O)O. The van der Waals surface area contributed by atoms with E-state index in [1.165, 1.54) is 0 Å². The monoisotopic (exact) mass is 298 g/mol. The zero-order valence-electron chi connectivity index (χ0n) is 13.1. The molecular weight excluding hydrogens is 272 g/mol. The number of carboxylic acid groups (broad SMARTS) is 1. The third kappa shape index (κ3) is 3.31. The van der Waals surface area contributed by atoms with Crippen molar-refractivity contribution in [3.63, 3.8) is 0 Å². The molecule has 0 aliphatic carbocycles. The molecule has 21 heavy (non-hydrogen) atoms. The molecule has 0 saturated carbocycles. The van der Waals surface area contributed by atoms with Crippen molar-refractivity contribution < 1.29 is 19.4 Å². The van der Waals surface area contributed by atoms with E-state index in [0.717, 1.165) is 19.4 Å². The molecule has 0 aromatic rings. The number of likely N-dealkylation sites (tertiary alicyclic amines) is 1. The molecule has 4 unspecified atom stereocenters. The number of carbonyl (C=O) groups is 2. The van der Waals surface area contributed by atoms with Crippen LogP contribution in [0.4, 0.5) is 4.79 Å². The smallest absolute Gasteiger partial charge is 0.320 e. The first-order chi connectivity index (χ1) is 9.95. The van der Waals surface area contributed by atoms with E-state index in [2.05, 4.69) is 13.8 Å². The number of nitrogens with zero attached hydrogens (tertiary/aromatic N) is 2. The second-order valence-electron chi connectivity index (χ2n) is 6.37. The first-order valence-corrected chi connectivity index (χ1v) is 7.83. The molecule has 1 N–H and O–H groups in total. The number of rotatable bonds is 4. The van der Waals surface area contributed by atoms with Crippen LogP contribution in [0.15, 0.2) is 0 Å². The molecular formula is C15H26N2O4. The van der Waals surface area contributed by atoms with Crippen LogP contribution in [0.1, 0.15) is 33.6 Å². The minimum atomic E-state index is -0.880. The molecule has 6 heteroatoms. The molecule has 2 amide bonds. The van der Waals surface area contributed by atoms with Crippen LogP contribution in [0.3, 0.4) is 0 Å². The molecule has 2 aliphatic heterocycles. The Morgan fingerprint density at radius 2 is 2.05 bits per heavy atom. The summed E-state index contributed by atoms with van der Waals surface area (Å²) in [6, 6.07) is -0.161. The maximum Gasteiger partial charge on any atom is 0.320 e. The van der Waals surface area contributed by atoms with E-state index >= 15 is 0 Å². The molecule has 2 fully saturated rings. The molecule has 0 aromatic heterocycles. The fourth-order valence-corrected chi connectivity index (χ4v) is 3.46. The lowest BCUT2D eigenvalue weighted by Gasteiger charge is -2.35. The number of carbonyl (C=O) groups excluding carboxylic acids is 1. The van der Waals surface area contributed by atoms with Crippen LogP contribution in [-0.2, 0) is 9.53 Å². The molecule has 4 atom stereocenters. The Balaban J connectivity index is 2.14. The highest BCUT2D eigenvalue weighted by Gasteiger charge is 2.42. The summed E-state index contributed by atoms with van der Waals surface area (Å²) in [7, 11) is 0. The van der Waals surface area contributed by atoms with Crippen molar-refractivity contribution in [2.45, 2.75) is 45.7 Å². The van der Waals surface area contributed by atoms with Crippen molar-refractivity contribution in [2.75, 3.05) is 26.3 Å². The van der Waals surface area contributed by atoms with E-state index in [9.17, 15) is 14.7 Å². The molecule has 2 saturated heterocycles. The topological polar surface area (TPSA) is 70.1 Å². The molecule has 0 spiro atoms. The largest absolute Gasteiger partial charge is 0.481 e. The van der Waals surface area contributed by atoms with E-state index in [4.69, 9.17) is 4.74 Å². The van der Waals surface area contributed by atoms with Crippen LogP contribution in [0.2, 0.25) is 0 Å². The summed E-state index contributed by atoms with van der Waals surface area (Å²) in [6.45, 7) is 8.06. The summed E-state index contributed by atoms with van der Waals surface area (Å²) in [6.07, 6.45) is 1.82. The predicted molar refractivity (Wildman–Crippen MR) is 78.1 cm³/mol. The highest BCUT2D eigenvalue weighted by Crippen LogP contribution is 2.27. The first-order valence-electron chi connectivity index (χ1n) is 7.83. The zero-order chi connectivity index (χ0) is 15.6. The van der Waals surface area contributed by atoms with Gasteiger partial charge < -0.3 is 19.6 Å². The molecule has 2 heterocycles. The number of urea groups is 1. The number of aliphatic carboxylic acids is 1. The van der Waals surface area contributed by atoms with Crippen molar-refractivity contribution in [1.29, 1.82) is 0 Å². The minimum Gasteiger partial charge on any atom is -0.481 e. The van der Waals surface area contributed by atoms with Gasteiger partial charge in [-0.05, 0) is 25.7 Å². The summed E-state index contributed by atoms with van der Waals surface area (Å²) >= 11 is 0. The Labute approximate surface area is 126 Å². The predicted octanol–water partition coefficient (Wildman–Crippen LogP) is 1.65. The van der Waals surface area contributed by atoms with Gasteiger partial charge in [0.1, 0.15) is 5.92 Å². The fraction of sp³-hybridized carbons (Fsp3) is 0.867. The first kappa shape index (κ1) is 16.1. The van der Waals surface area contributed by atoms with Crippen LogP contribution < -0.4 is 0 Å². The van der Waals surface area contributed by atoms with Gasteiger partial charge in [-0.3, -0.25) is 4.79 Å². The molecule has 0 aromatic carbocycles. The standard InChI is InChI=1S/C15H26N2O4/c1-4-5-16(13-9-21-8-12(13)14(18)19)15(20)17-7-10(2)6-11(17)3/h10-13H,4-9H2,1-3H3,(H,18,19). The van der Waals surface area contributed by atoms with Crippen LogP contribution in [0, 0.1) is 11.8 Å². The Kier molecular flexibility index (Phi) is 5.08. The number of hydrogen-bond acceptors (Lipinski definition) is 3. The van der Waals surface area contributed by atoms with Crippen molar-refractivity contribution in [2.24, 2.45) is 11.8 Å². The van der Waals surface area contributed by atoms with Crippen LogP contribution in [0.5, 0.6) is 0 Å². The van der Waals surface area contributed by atoms with Gasteiger partial charge in [-0.1, -0.05) is 13.8 Å². The highest BCUT2D eigenvalue weighted by atomic mass is 16.5. The van der Waals surface area contributed by atoms with Crippen molar-refractivity contribution >= 4 is 12.0 Å². The van der Waals surface area contributed by atoms with E-state index in [0.29, 0.717) is 19.1 Å². The van der Waals surface area contributed by atoms with Gasteiger partial charge in [0.15, 0.2) is 0 Å². The Bertz CT molecular complexity index is 401. The second-order valence-corrected chi connectivity index (χ2v) is 6.37. The third-order valence-electron chi connectivity index (χ3n) is 4.51. The number of carboxylic acids is 1.